The fraction of sp³-hybridized carbons (Fsp3) is 0.250. The van der Waals surface area contributed by atoms with Crippen molar-refractivity contribution >= 4 is 40.5 Å². The average molecular weight is 287 g/mol. The first kappa shape index (κ1) is 12.7. The highest BCUT2D eigenvalue weighted by atomic mass is 35.5. The monoisotopic (exact) mass is 286 g/mol. The van der Waals surface area contributed by atoms with Crippen LogP contribution < -0.4 is 5.32 Å². The molecule has 0 unspecified atom stereocenters. The smallest absolute Gasteiger partial charge is 0.183 e. The van der Waals surface area contributed by atoms with Gasteiger partial charge in [0.2, 0.25) is 0 Å². The van der Waals surface area contributed by atoms with Crippen LogP contribution in [0.5, 0.6) is 0 Å². The van der Waals surface area contributed by atoms with Gasteiger partial charge in [-0.05, 0) is 25.0 Å². The molecule has 0 amide bonds. The molecule has 0 radical (unpaired) electrons. The van der Waals surface area contributed by atoms with Crippen molar-refractivity contribution in [1.82, 2.24) is 4.98 Å². The zero-order valence-electron chi connectivity index (χ0n) is 9.02. The van der Waals surface area contributed by atoms with Gasteiger partial charge in [-0.2, -0.15) is 0 Å². The number of hydrogen-bond acceptors (Lipinski definition) is 3. The summed E-state index contributed by atoms with van der Waals surface area (Å²) >= 11 is 7.51. The molecule has 1 N–H and O–H groups in total. The van der Waals surface area contributed by atoms with E-state index in [4.69, 9.17) is 11.6 Å². The molecule has 3 rings (SSSR count). The molecule has 5 heteroatoms. The second kappa shape index (κ2) is 5.25. The second-order valence-electron chi connectivity index (χ2n) is 3.96. The summed E-state index contributed by atoms with van der Waals surface area (Å²) in [7, 11) is 0. The Labute approximate surface area is 115 Å². The molecule has 0 bridgehead atoms. The van der Waals surface area contributed by atoms with Gasteiger partial charge in [-0.15, -0.1) is 23.7 Å². The number of aromatic nitrogens is 1. The lowest BCUT2D eigenvalue weighted by Gasteiger charge is -1.98. The minimum atomic E-state index is 0. The third-order valence-corrected chi connectivity index (χ3v) is 3.57. The molecule has 1 fully saturated rings. The molecule has 0 aliphatic heterocycles. The molecular formula is C12H12Cl2N2S. The predicted octanol–water partition coefficient (Wildman–Crippen LogP) is 4.46. The van der Waals surface area contributed by atoms with E-state index in [1.165, 1.54) is 12.8 Å². The molecule has 90 valence electrons. The summed E-state index contributed by atoms with van der Waals surface area (Å²) in [6, 6.07) is 8.44. The lowest BCUT2D eigenvalue weighted by atomic mass is 10.2. The van der Waals surface area contributed by atoms with Crippen molar-refractivity contribution in [3.63, 3.8) is 0 Å². The summed E-state index contributed by atoms with van der Waals surface area (Å²) in [6.45, 7) is 0. The molecular weight excluding hydrogens is 275 g/mol. The largest absolute Gasteiger partial charge is 0.359 e. The van der Waals surface area contributed by atoms with Crippen LogP contribution >= 0.6 is 35.3 Å². The zero-order chi connectivity index (χ0) is 11.0. The summed E-state index contributed by atoms with van der Waals surface area (Å²) in [5, 5.41) is 7.26. The molecule has 1 aliphatic carbocycles. The molecule has 2 aromatic rings. The minimum Gasteiger partial charge on any atom is -0.359 e. The van der Waals surface area contributed by atoms with Gasteiger partial charge in [0.1, 0.15) is 0 Å². The first-order valence-electron chi connectivity index (χ1n) is 5.29. The minimum absolute atomic E-state index is 0. The van der Waals surface area contributed by atoms with Crippen LogP contribution in [-0.4, -0.2) is 11.0 Å². The molecule has 1 saturated carbocycles. The Kier molecular flexibility index (Phi) is 3.92. The maximum absolute atomic E-state index is 5.85. The van der Waals surface area contributed by atoms with Crippen LogP contribution in [-0.2, 0) is 0 Å². The highest BCUT2D eigenvalue weighted by Crippen LogP contribution is 2.30. The van der Waals surface area contributed by atoms with Crippen molar-refractivity contribution in [2.75, 3.05) is 5.32 Å². The van der Waals surface area contributed by atoms with Crippen molar-refractivity contribution in [2.24, 2.45) is 0 Å². The average Bonchev–Trinajstić information content (AvgIpc) is 2.97. The summed E-state index contributed by atoms with van der Waals surface area (Å²) in [4.78, 5) is 4.55. The van der Waals surface area contributed by atoms with E-state index in [-0.39, 0.29) is 12.4 Å². The zero-order valence-corrected chi connectivity index (χ0v) is 11.4. The van der Waals surface area contributed by atoms with Crippen molar-refractivity contribution in [3.8, 4) is 11.3 Å². The fourth-order valence-electron chi connectivity index (χ4n) is 1.50. The lowest BCUT2D eigenvalue weighted by molar-refractivity contribution is 1.14. The van der Waals surface area contributed by atoms with E-state index in [9.17, 15) is 0 Å². The number of hydrogen-bond donors (Lipinski definition) is 1. The van der Waals surface area contributed by atoms with E-state index in [1.807, 2.05) is 24.3 Å². The van der Waals surface area contributed by atoms with E-state index in [0.29, 0.717) is 6.04 Å². The summed E-state index contributed by atoms with van der Waals surface area (Å²) in [5.74, 6) is 0. The number of nitrogens with zero attached hydrogens (tertiary/aromatic N) is 1. The van der Waals surface area contributed by atoms with Crippen molar-refractivity contribution in [2.45, 2.75) is 18.9 Å². The number of anilines is 1. The van der Waals surface area contributed by atoms with Crippen LogP contribution in [0.25, 0.3) is 11.3 Å². The van der Waals surface area contributed by atoms with Crippen molar-refractivity contribution < 1.29 is 0 Å². The Bertz CT molecular complexity index is 491. The Morgan fingerprint density at radius 3 is 2.59 bits per heavy atom. The van der Waals surface area contributed by atoms with Crippen LogP contribution in [0.2, 0.25) is 5.02 Å². The molecule has 17 heavy (non-hydrogen) atoms. The Balaban J connectivity index is 0.00000108. The molecule has 2 nitrogen and oxygen atoms in total. The number of nitrogens with one attached hydrogen (secondary N) is 1. The van der Waals surface area contributed by atoms with Gasteiger partial charge in [0.15, 0.2) is 5.13 Å². The number of halogens is 2. The van der Waals surface area contributed by atoms with E-state index < -0.39 is 0 Å². The molecule has 1 aliphatic rings. The standard InChI is InChI=1S/C12H11ClN2S.ClH/c13-9-3-1-8(2-4-9)11-7-16-12(15-11)14-10-5-6-10;/h1-4,7,10H,5-6H2,(H,14,15);1H. The van der Waals surface area contributed by atoms with Crippen LogP contribution in [0.4, 0.5) is 5.13 Å². The van der Waals surface area contributed by atoms with Gasteiger partial charge < -0.3 is 5.32 Å². The number of benzene rings is 1. The molecule has 1 aromatic heterocycles. The van der Waals surface area contributed by atoms with E-state index in [1.54, 1.807) is 11.3 Å². The fourth-order valence-corrected chi connectivity index (χ4v) is 2.42. The van der Waals surface area contributed by atoms with Gasteiger partial charge in [0.25, 0.3) is 0 Å². The highest BCUT2D eigenvalue weighted by Gasteiger charge is 2.21. The maximum atomic E-state index is 5.85. The molecule has 0 atom stereocenters. The third-order valence-electron chi connectivity index (χ3n) is 2.55. The second-order valence-corrected chi connectivity index (χ2v) is 5.26. The van der Waals surface area contributed by atoms with Crippen molar-refractivity contribution in [3.05, 3.63) is 34.7 Å². The number of rotatable bonds is 3. The summed E-state index contributed by atoms with van der Waals surface area (Å²) in [5.41, 5.74) is 2.13. The Hall–Kier alpha value is -0.770. The van der Waals surface area contributed by atoms with Gasteiger partial charge in [-0.25, -0.2) is 4.98 Å². The molecule has 1 heterocycles. The van der Waals surface area contributed by atoms with Gasteiger partial charge in [0.05, 0.1) is 5.69 Å². The first-order chi connectivity index (χ1) is 7.81. The SMILES string of the molecule is Cl.Clc1ccc(-c2csc(NC3CC3)n2)cc1. The van der Waals surface area contributed by atoms with Crippen LogP contribution in [0.1, 0.15) is 12.8 Å². The van der Waals surface area contributed by atoms with Gasteiger partial charge >= 0.3 is 0 Å². The van der Waals surface area contributed by atoms with Crippen molar-refractivity contribution in [1.29, 1.82) is 0 Å². The Morgan fingerprint density at radius 2 is 1.94 bits per heavy atom. The topological polar surface area (TPSA) is 24.9 Å². The van der Waals surface area contributed by atoms with E-state index in [2.05, 4.69) is 15.7 Å². The molecule has 1 aromatic carbocycles. The lowest BCUT2D eigenvalue weighted by Crippen LogP contribution is -1.99. The quantitative estimate of drug-likeness (QED) is 0.901. The molecule has 0 saturated heterocycles. The van der Waals surface area contributed by atoms with E-state index >= 15 is 0 Å². The predicted molar refractivity (Wildman–Crippen MR) is 76.5 cm³/mol. The van der Waals surface area contributed by atoms with Gasteiger partial charge in [-0.3, -0.25) is 0 Å². The Morgan fingerprint density at radius 1 is 1.24 bits per heavy atom. The maximum Gasteiger partial charge on any atom is 0.183 e. The van der Waals surface area contributed by atoms with Crippen LogP contribution in [0, 0.1) is 0 Å². The highest BCUT2D eigenvalue weighted by molar-refractivity contribution is 7.14. The summed E-state index contributed by atoms with van der Waals surface area (Å²) < 4.78 is 0. The van der Waals surface area contributed by atoms with E-state index in [0.717, 1.165) is 21.4 Å². The van der Waals surface area contributed by atoms with Gasteiger partial charge in [-0.1, -0.05) is 23.7 Å². The van der Waals surface area contributed by atoms with Crippen LogP contribution in [0.15, 0.2) is 29.6 Å². The van der Waals surface area contributed by atoms with Gasteiger partial charge in [0, 0.05) is 22.0 Å². The normalized spacial score (nSPS) is 14.2. The summed E-state index contributed by atoms with van der Waals surface area (Å²) in [6.07, 6.45) is 2.55. The van der Waals surface area contributed by atoms with Crippen LogP contribution in [0.3, 0.4) is 0 Å². The first-order valence-corrected chi connectivity index (χ1v) is 6.55. The molecule has 0 spiro atoms. The number of thiazole rings is 1. The third kappa shape index (κ3) is 3.12.